The fourth-order valence-corrected chi connectivity index (χ4v) is 1.02. The predicted octanol–water partition coefficient (Wildman–Crippen LogP) is -1.09. The molecule has 2 N–H and O–H groups in total. The van der Waals surface area contributed by atoms with Gasteiger partial charge in [-0.3, -0.25) is 0 Å². The molecule has 0 atom stereocenters. The van der Waals surface area contributed by atoms with Gasteiger partial charge in [0, 0.05) is 13.1 Å². The van der Waals surface area contributed by atoms with Crippen molar-refractivity contribution in [2.75, 3.05) is 13.1 Å². The van der Waals surface area contributed by atoms with Gasteiger partial charge in [-0.25, -0.2) is 4.68 Å². The van der Waals surface area contributed by atoms with Gasteiger partial charge < -0.3 is 10.4 Å². The lowest BCUT2D eigenvalue weighted by Crippen LogP contribution is -2.43. The maximum absolute atomic E-state index is 8.69. The molecule has 0 aliphatic carbocycles. The van der Waals surface area contributed by atoms with Crippen LogP contribution in [0.5, 0.6) is 0 Å². The van der Waals surface area contributed by atoms with Crippen molar-refractivity contribution in [2.24, 2.45) is 0 Å². The second-order valence-corrected chi connectivity index (χ2v) is 2.66. The average molecular weight is 154 g/mol. The Morgan fingerprint density at radius 2 is 2.55 bits per heavy atom. The SMILES string of the molecule is OCc1cn(C2CNC2)nn1. The highest BCUT2D eigenvalue weighted by molar-refractivity contribution is 4.93. The van der Waals surface area contributed by atoms with E-state index >= 15 is 0 Å². The van der Waals surface area contributed by atoms with Crippen LogP contribution in [0.25, 0.3) is 0 Å². The number of nitrogens with zero attached hydrogens (tertiary/aromatic N) is 3. The van der Waals surface area contributed by atoms with Crippen molar-refractivity contribution < 1.29 is 5.11 Å². The number of aliphatic hydroxyl groups is 1. The van der Waals surface area contributed by atoms with Crippen LogP contribution in [0.1, 0.15) is 11.7 Å². The first-order chi connectivity index (χ1) is 5.40. The molecule has 5 nitrogen and oxygen atoms in total. The Balaban J connectivity index is 2.11. The molecule has 1 aliphatic heterocycles. The minimum absolute atomic E-state index is 0.0276. The molecule has 0 spiro atoms. The van der Waals surface area contributed by atoms with E-state index in [0.717, 1.165) is 13.1 Å². The van der Waals surface area contributed by atoms with E-state index < -0.39 is 0 Å². The molecule has 5 heteroatoms. The minimum Gasteiger partial charge on any atom is -0.390 e. The smallest absolute Gasteiger partial charge is 0.108 e. The molecule has 2 heterocycles. The largest absolute Gasteiger partial charge is 0.390 e. The highest BCUT2D eigenvalue weighted by atomic mass is 16.3. The van der Waals surface area contributed by atoms with Crippen molar-refractivity contribution in [1.29, 1.82) is 0 Å². The van der Waals surface area contributed by atoms with E-state index in [1.165, 1.54) is 0 Å². The zero-order valence-electron chi connectivity index (χ0n) is 6.06. The third-order valence-corrected chi connectivity index (χ3v) is 1.85. The van der Waals surface area contributed by atoms with E-state index in [4.69, 9.17) is 5.11 Å². The van der Waals surface area contributed by atoms with E-state index in [1.807, 2.05) is 0 Å². The Hall–Kier alpha value is -0.940. The summed E-state index contributed by atoms with van der Waals surface area (Å²) in [6.07, 6.45) is 1.78. The summed E-state index contributed by atoms with van der Waals surface area (Å²) in [4.78, 5) is 0. The molecule has 11 heavy (non-hydrogen) atoms. The van der Waals surface area contributed by atoms with Gasteiger partial charge >= 0.3 is 0 Å². The number of rotatable bonds is 2. The summed E-state index contributed by atoms with van der Waals surface area (Å²) in [5.74, 6) is 0. The van der Waals surface area contributed by atoms with Crippen LogP contribution in [-0.4, -0.2) is 33.2 Å². The quantitative estimate of drug-likeness (QED) is 0.568. The summed E-state index contributed by atoms with van der Waals surface area (Å²) >= 11 is 0. The fourth-order valence-electron chi connectivity index (χ4n) is 1.02. The third-order valence-electron chi connectivity index (χ3n) is 1.85. The molecule has 0 radical (unpaired) electrons. The molecule has 1 saturated heterocycles. The maximum atomic E-state index is 8.69. The zero-order chi connectivity index (χ0) is 7.68. The van der Waals surface area contributed by atoms with Gasteiger partial charge in [-0.05, 0) is 0 Å². The van der Waals surface area contributed by atoms with Gasteiger partial charge in [-0.1, -0.05) is 5.21 Å². The summed E-state index contributed by atoms with van der Waals surface area (Å²) in [5.41, 5.74) is 0.636. The summed E-state index contributed by atoms with van der Waals surface area (Å²) in [6, 6.07) is 0.433. The molecule has 0 unspecified atom stereocenters. The molecule has 0 saturated carbocycles. The Morgan fingerprint density at radius 3 is 3.00 bits per heavy atom. The highest BCUT2D eigenvalue weighted by Gasteiger charge is 2.19. The lowest BCUT2D eigenvalue weighted by Gasteiger charge is -2.26. The molecule has 0 bridgehead atoms. The van der Waals surface area contributed by atoms with Crippen LogP contribution in [0.3, 0.4) is 0 Å². The minimum atomic E-state index is -0.0276. The Bertz CT molecular complexity index is 242. The highest BCUT2D eigenvalue weighted by Crippen LogP contribution is 2.09. The summed E-state index contributed by atoms with van der Waals surface area (Å²) in [5, 5.41) is 19.5. The van der Waals surface area contributed by atoms with E-state index in [1.54, 1.807) is 10.9 Å². The monoisotopic (exact) mass is 154 g/mol. The standard InChI is InChI=1S/C6H10N4O/c11-4-5-3-10(9-8-5)6-1-7-2-6/h3,6-7,11H,1-2,4H2. The maximum Gasteiger partial charge on any atom is 0.108 e. The first kappa shape index (κ1) is 6.75. The van der Waals surface area contributed by atoms with E-state index in [-0.39, 0.29) is 6.61 Å². The Morgan fingerprint density at radius 1 is 1.73 bits per heavy atom. The van der Waals surface area contributed by atoms with E-state index in [2.05, 4.69) is 15.6 Å². The van der Waals surface area contributed by atoms with E-state index in [0.29, 0.717) is 11.7 Å². The normalized spacial score (nSPS) is 18.3. The lowest BCUT2D eigenvalue weighted by molar-refractivity contribution is 0.276. The number of aliphatic hydroxyl groups excluding tert-OH is 1. The van der Waals surface area contributed by atoms with Crippen LogP contribution in [0, 0.1) is 0 Å². The lowest BCUT2D eigenvalue weighted by atomic mass is 10.2. The third kappa shape index (κ3) is 1.12. The molecular weight excluding hydrogens is 144 g/mol. The van der Waals surface area contributed by atoms with Crippen molar-refractivity contribution in [3.05, 3.63) is 11.9 Å². The first-order valence-corrected chi connectivity index (χ1v) is 3.62. The number of nitrogens with one attached hydrogen (secondary N) is 1. The van der Waals surface area contributed by atoms with E-state index in [9.17, 15) is 0 Å². The topological polar surface area (TPSA) is 63.0 Å². The van der Waals surface area contributed by atoms with Crippen molar-refractivity contribution in [3.8, 4) is 0 Å². The number of hydrogen-bond acceptors (Lipinski definition) is 4. The molecule has 0 aromatic carbocycles. The van der Waals surface area contributed by atoms with Crippen LogP contribution < -0.4 is 5.32 Å². The van der Waals surface area contributed by atoms with Gasteiger partial charge in [0.15, 0.2) is 0 Å². The van der Waals surface area contributed by atoms with Crippen molar-refractivity contribution >= 4 is 0 Å². The Labute approximate surface area is 64.0 Å². The second kappa shape index (κ2) is 2.60. The Kier molecular flexibility index (Phi) is 1.59. The van der Waals surface area contributed by atoms with Crippen LogP contribution in [0.2, 0.25) is 0 Å². The van der Waals surface area contributed by atoms with Crippen molar-refractivity contribution in [3.63, 3.8) is 0 Å². The molecule has 0 amide bonds. The predicted molar refractivity (Wildman–Crippen MR) is 37.9 cm³/mol. The first-order valence-electron chi connectivity index (χ1n) is 3.62. The fraction of sp³-hybridized carbons (Fsp3) is 0.667. The van der Waals surface area contributed by atoms with Gasteiger partial charge in [0.1, 0.15) is 5.69 Å². The van der Waals surface area contributed by atoms with Crippen LogP contribution in [0.4, 0.5) is 0 Å². The molecule has 1 aromatic rings. The average Bonchev–Trinajstić information content (AvgIpc) is 2.32. The van der Waals surface area contributed by atoms with Gasteiger partial charge in [0.2, 0.25) is 0 Å². The second-order valence-electron chi connectivity index (χ2n) is 2.66. The number of aromatic nitrogens is 3. The summed E-state index contributed by atoms with van der Waals surface area (Å²) < 4.78 is 1.79. The molecule has 60 valence electrons. The van der Waals surface area contributed by atoms with Gasteiger partial charge in [-0.2, -0.15) is 0 Å². The van der Waals surface area contributed by atoms with Gasteiger partial charge in [0.05, 0.1) is 18.8 Å². The molecule has 1 aromatic heterocycles. The van der Waals surface area contributed by atoms with Crippen LogP contribution in [0.15, 0.2) is 6.20 Å². The number of hydrogen-bond donors (Lipinski definition) is 2. The summed E-state index contributed by atoms with van der Waals surface area (Å²) in [6.45, 7) is 1.88. The van der Waals surface area contributed by atoms with Gasteiger partial charge in [0.25, 0.3) is 0 Å². The molecule has 2 rings (SSSR count). The molecular formula is C6H10N4O. The van der Waals surface area contributed by atoms with Crippen molar-refractivity contribution in [2.45, 2.75) is 12.6 Å². The van der Waals surface area contributed by atoms with Crippen LogP contribution >= 0.6 is 0 Å². The molecule has 1 fully saturated rings. The van der Waals surface area contributed by atoms with Gasteiger partial charge in [-0.15, -0.1) is 5.10 Å². The summed E-state index contributed by atoms with van der Waals surface area (Å²) in [7, 11) is 0. The van der Waals surface area contributed by atoms with Crippen LogP contribution in [-0.2, 0) is 6.61 Å². The zero-order valence-corrected chi connectivity index (χ0v) is 6.06. The van der Waals surface area contributed by atoms with Crippen molar-refractivity contribution in [1.82, 2.24) is 20.3 Å². The molecule has 1 aliphatic rings.